The van der Waals surface area contributed by atoms with Crippen LogP contribution in [0.5, 0.6) is 0 Å². The fourth-order valence-electron chi connectivity index (χ4n) is 2.82. The highest BCUT2D eigenvalue weighted by molar-refractivity contribution is 6.35. The normalized spacial score (nSPS) is 12.2. The van der Waals surface area contributed by atoms with Gasteiger partial charge in [-0.3, -0.25) is 14.2 Å². The monoisotopic (exact) mass is 389 g/mol. The minimum Gasteiger partial charge on any atom is -0.348 e. The van der Waals surface area contributed by atoms with E-state index in [1.807, 2.05) is 19.9 Å². The molecule has 134 valence electrons. The molecule has 2 aromatic carbocycles. The molecule has 0 spiro atoms. The van der Waals surface area contributed by atoms with Crippen LogP contribution in [-0.2, 0) is 11.3 Å². The maximum absolute atomic E-state index is 12.6. The lowest BCUT2D eigenvalue weighted by Crippen LogP contribution is -2.34. The van der Waals surface area contributed by atoms with Crippen molar-refractivity contribution in [3.63, 3.8) is 0 Å². The van der Waals surface area contributed by atoms with Crippen LogP contribution in [0.4, 0.5) is 0 Å². The van der Waals surface area contributed by atoms with Gasteiger partial charge in [-0.2, -0.15) is 0 Å². The second-order valence-electron chi connectivity index (χ2n) is 6.10. The SMILES string of the molecule is Cc1cccc2c(=O)n(CC(=O)NC(C)c3ccc(Cl)cc3Cl)cnc12. The molecule has 0 saturated carbocycles. The molecule has 5 nitrogen and oxygen atoms in total. The second kappa shape index (κ2) is 7.48. The van der Waals surface area contributed by atoms with E-state index in [2.05, 4.69) is 10.3 Å². The molecule has 0 saturated heterocycles. The third-order valence-electron chi connectivity index (χ3n) is 4.18. The summed E-state index contributed by atoms with van der Waals surface area (Å²) in [7, 11) is 0. The van der Waals surface area contributed by atoms with Gasteiger partial charge < -0.3 is 5.32 Å². The van der Waals surface area contributed by atoms with Crippen molar-refractivity contribution >= 4 is 40.0 Å². The van der Waals surface area contributed by atoms with Gasteiger partial charge in [0.1, 0.15) is 6.54 Å². The maximum Gasteiger partial charge on any atom is 0.261 e. The molecule has 0 bridgehead atoms. The van der Waals surface area contributed by atoms with Gasteiger partial charge in [-0.25, -0.2) is 4.98 Å². The Labute approximate surface area is 160 Å². The van der Waals surface area contributed by atoms with Gasteiger partial charge in [-0.05, 0) is 43.2 Å². The van der Waals surface area contributed by atoms with E-state index in [1.165, 1.54) is 10.9 Å². The zero-order chi connectivity index (χ0) is 18.8. The smallest absolute Gasteiger partial charge is 0.261 e. The Hall–Kier alpha value is -2.37. The van der Waals surface area contributed by atoms with Gasteiger partial charge in [0.15, 0.2) is 0 Å². The third-order valence-corrected chi connectivity index (χ3v) is 4.74. The fourth-order valence-corrected chi connectivity index (χ4v) is 3.39. The molecule has 1 amide bonds. The number of halogens is 2. The van der Waals surface area contributed by atoms with E-state index >= 15 is 0 Å². The van der Waals surface area contributed by atoms with Gasteiger partial charge in [0.25, 0.3) is 5.56 Å². The number of carbonyl (C=O) groups is 1. The third kappa shape index (κ3) is 3.74. The number of carbonyl (C=O) groups excluding carboxylic acids is 1. The van der Waals surface area contributed by atoms with Crippen molar-refractivity contribution in [2.45, 2.75) is 26.4 Å². The molecule has 7 heteroatoms. The van der Waals surface area contributed by atoms with Crippen molar-refractivity contribution < 1.29 is 4.79 Å². The van der Waals surface area contributed by atoms with E-state index in [0.717, 1.165) is 11.1 Å². The van der Waals surface area contributed by atoms with E-state index in [4.69, 9.17) is 23.2 Å². The van der Waals surface area contributed by atoms with Gasteiger partial charge in [0.05, 0.1) is 23.3 Å². The van der Waals surface area contributed by atoms with Crippen molar-refractivity contribution in [3.8, 4) is 0 Å². The average molecular weight is 390 g/mol. The largest absolute Gasteiger partial charge is 0.348 e. The Morgan fingerprint density at radius 3 is 2.77 bits per heavy atom. The molecule has 26 heavy (non-hydrogen) atoms. The lowest BCUT2D eigenvalue weighted by molar-refractivity contribution is -0.122. The summed E-state index contributed by atoms with van der Waals surface area (Å²) in [5.41, 5.74) is 2.08. The number of amides is 1. The van der Waals surface area contributed by atoms with Crippen molar-refractivity contribution in [1.29, 1.82) is 0 Å². The first kappa shape index (κ1) is 18.4. The lowest BCUT2D eigenvalue weighted by Gasteiger charge is -2.16. The van der Waals surface area contributed by atoms with Gasteiger partial charge in [-0.1, -0.05) is 41.4 Å². The topological polar surface area (TPSA) is 64.0 Å². The highest BCUT2D eigenvalue weighted by Crippen LogP contribution is 2.26. The number of fused-ring (bicyclic) bond motifs is 1. The minimum atomic E-state index is -0.321. The predicted octanol–water partition coefficient (Wildman–Crippen LogP) is 3.89. The van der Waals surface area contributed by atoms with Crippen molar-refractivity contribution in [3.05, 3.63) is 74.3 Å². The zero-order valence-corrected chi connectivity index (χ0v) is 15.8. The summed E-state index contributed by atoms with van der Waals surface area (Å²) < 4.78 is 1.30. The highest BCUT2D eigenvalue weighted by Gasteiger charge is 2.14. The van der Waals surface area contributed by atoms with Gasteiger partial charge in [0.2, 0.25) is 5.91 Å². The van der Waals surface area contributed by atoms with Gasteiger partial charge in [0, 0.05) is 10.0 Å². The molecule has 0 fully saturated rings. The number of hydrogen-bond acceptors (Lipinski definition) is 3. The van der Waals surface area contributed by atoms with Crippen LogP contribution in [0.3, 0.4) is 0 Å². The van der Waals surface area contributed by atoms with E-state index in [9.17, 15) is 9.59 Å². The minimum absolute atomic E-state index is 0.120. The molecule has 0 aliphatic heterocycles. The summed E-state index contributed by atoms with van der Waals surface area (Å²) in [6.07, 6.45) is 1.40. The summed E-state index contributed by atoms with van der Waals surface area (Å²) >= 11 is 12.1. The van der Waals surface area contributed by atoms with Crippen LogP contribution in [0.1, 0.15) is 24.1 Å². The Morgan fingerprint density at radius 2 is 2.04 bits per heavy atom. The van der Waals surface area contributed by atoms with Crippen molar-refractivity contribution in [2.75, 3.05) is 0 Å². The molecule has 1 heterocycles. The summed E-state index contributed by atoms with van der Waals surface area (Å²) in [4.78, 5) is 29.2. The van der Waals surface area contributed by atoms with Crippen LogP contribution in [0.2, 0.25) is 10.0 Å². The molecule has 0 aliphatic carbocycles. The van der Waals surface area contributed by atoms with Crippen LogP contribution in [-0.4, -0.2) is 15.5 Å². The van der Waals surface area contributed by atoms with Crippen LogP contribution < -0.4 is 10.9 Å². The molecule has 0 radical (unpaired) electrons. The molecule has 1 atom stereocenters. The molecule has 0 aliphatic rings. The number of hydrogen-bond donors (Lipinski definition) is 1. The van der Waals surface area contributed by atoms with E-state index in [1.54, 1.807) is 30.3 Å². The Morgan fingerprint density at radius 1 is 1.27 bits per heavy atom. The van der Waals surface area contributed by atoms with E-state index in [0.29, 0.717) is 20.9 Å². The Balaban J connectivity index is 1.79. The molecule has 3 aromatic rings. The first-order valence-corrected chi connectivity index (χ1v) is 8.81. The quantitative estimate of drug-likeness (QED) is 0.735. The standard InChI is InChI=1S/C19H17Cl2N3O2/c1-11-4-3-5-15-18(11)22-10-24(19(15)26)9-17(25)23-12(2)14-7-6-13(20)8-16(14)21/h3-8,10,12H,9H2,1-2H3,(H,23,25). The first-order chi connectivity index (χ1) is 12.4. The summed E-state index contributed by atoms with van der Waals surface area (Å²) in [6.45, 7) is 3.59. The number of nitrogens with one attached hydrogen (secondary N) is 1. The fraction of sp³-hybridized carbons (Fsp3) is 0.211. The van der Waals surface area contributed by atoms with Crippen LogP contribution in [0.15, 0.2) is 47.5 Å². The second-order valence-corrected chi connectivity index (χ2v) is 6.95. The number of benzene rings is 2. The van der Waals surface area contributed by atoms with Crippen LogP contribution in [0.25, 0.3) is 10.9 Å². The summed E-state index contributed by atoms with van der Waals surface area (Å²) in [5.74, 6) is -0.306. The van der Waals surface area contributed by atoms with Gasteiger partial charge in [-0.15, -0.1) is 0 Å². The van der Waals surface area contributed by atoms with Crippen LogP contribution in [0, 0.1) is 6.92 Å². The molecule has 1 N–H and O–H groups in total. The van der Waals surface area contributed by atoms with E-state index in [-0.39, 0.29) is 24.1 Å². The zero-order valence-electron chi connectivity index (χ0n) is 14.3. The van der Waals surface area contributed by atoms with Crippen LogP contribution >= 0.6 is 23.2 Å². The molecule has 1 aromatic heterocycles. The maximum atomic E-state index is 12.6. The highest BCUT2D eigenvalue weighted by atomic mass is 35.5. The lowest BCUT2D eigenvalue weighted by atomic mass is 10.1. The number of rotatable bonds is 4. The van der Waals surface area contributed by atoms with Gasteiger partial charge >= 0.3 is 0 Å². The summed E-state index contributed by atoms with van der Waals surface area (Å²) in [6, 6.07) is 10.2. The number of nitrogens with zero attached hydrogens (tertiary/aromatic N) is 2. The number of para-hydroxylation sites is 1. The number of aromatic nitrogens is 2. The van der Waals surface area contributed by atoms with Crippen molar-refractivity contribution in [2.24, 2.45) is 0 Å². The van der Waals surface area contributed by atoms with Crippen molar-refractivity contribution in [1.82, 2.24) is 14.9 Å². The molecular formula is C19H17Cl2N3O2. The van der Waals surface area contributed by atoms with E-state index < -0.39 is 0 Å². The molecular weight excluding hydrogens is 373 g/mol. The number of aryl methyl sites for hydroxylation is 1. The average Bonchev–Trinajstić information content (AvgIpc) is 2.57. The summed E-state index contributed by atoms with van der Waals surface area (Å²) in [5, 5.41) is 4.34. The first-order valence-electron chi connectivity index (χ1n) is 8.06. The Kier molecular flexibility index (Phi) is 5.30. The molecule has 1 unspecified atom stereocenters. The Bertz CT molecular complexity index is 1050. The molecule has 3 rings (SSSR count). The predicted molar refractivity (Wildman–Crippen MR) is 104 cm³/mol.